The number of nitrogens with zero attached hydrogens (tertiary/aromatic N) is 2. The number of anilines is 2. The van der Waals surface area contributed by atoms with Gasteiger partial charge in [-0.25, -0.2) is 0 Å². The van der Waals surface area contributed by atoms with E-state index >= 15 is 0 Å². The first-order valence-corrected chi connectivity index (χ1v) is 8.91. The molecule has 0 spiro atoms. The molecule has 1 aliphatic heterocycles. The zero-order valence-corrected chi connectivity index (χ0v) is 14.7. The molecule has 1 aromatic carbocycles. The molecule has 1 saturated heterocycles. The fraction of sp³-hybridized carbons (Fsp3) is 0.579. The maximum atomic E-state index is 12.9. The van der Waals surface area contributed by atoms with E-state index in [1.54, 1.807) is 0 Å². The van der Waals surface area contributed by atoms with Crippen molar-refractivity contribution >= 4 is 23.2 Å². The first-order chi connectivity index (χ1) is 11.5. The van der Waals surface area contributed by atoms with Gasteiger partial charge in [0.05, 0.1) is 0 Å². The summed E-state index contributed by atoms with van der Waals surface area (Å²) in [5.74, 6) is -0.110. The van der Waals surface area contributed by atoms with Gasteiger partial charge in [-0.05, 0) is 49.9 Å². The second-order valence-corrected chi connectivity index (χ2v) is 7.18. The van der Waals surface area contributed by atoms with Gasteiger partial charge in [0.2, 0.25) is 11.8 Å². The Morgan fingerprint density at radius 2 is 1.58 bits per heavy atom. The van der Waals surface area contributed by atoms with Crippen LogP contribution in [0.25, 0.3) is 0 Å². The SMILES string of the molecule is CN(C)c1ccc(NC(=O)C2(C(=O)N3CCCCCC3)CC2)cc1. The van der Waals surface area contributed by atoms with Gasteiger partial charge >= 0.3 is 0 Å². The monoisotopic (exact) mass is 329 g/mol. The molecule has 5 nitrogen and oxygen atoms in total. The molecule has 1 heterocycles. The predicted octanol–water partition coefficient (Wildman–Crippen LogP) is 2.87. The van der Waals surface area contributed by atoms with Crippen LogP contribution in [0.1, 0.15) is 38.5 Å². The van der Waals surface area contributed by atoms with Gasteiger partial charge in [0.1, 0.15) is 5.41 Å². The van der Waals surface area contributed by atoms with Crippen molar-refractivity contribution in [3.05, 3.63) is 24.3 Å². The minimum atomic E-state index is -0.815. The molecule has 1 saturated carbocycles. The molecular formula is C19H27N3O2. The summed E-state index contributed by atoms with van der Waals surface area (Å²) < 4.78 is 0. The highest BCUT2D eigenvalue weighted by Gasteiger charge is 2.57. The van der Waals surface area contributed by atoms with E-state index in [2.05, 4.69) is 5.32 Å². The first kappa shape index (κ1) is 16.8. The average Bonchev–Trinajstić information content (AvgIpc) is 3.39. The zero-order chi connectivity index (χ0) is 17.2. The average molecular weight is 329 g/mol. The van der Waals surface area contributed by atoms with Crippen LogP contribution in [0.3, 0.4) is 0 Å². The lowest BCUT2D eigenvalue weighted by Crippen LogP contribution is -2.43. The summed E-state index contributed by atoms with van der Waals surface area (Å²) in [6.45, 7) is 1.59. The Kier molecular flexibility index (Phi) is 4.78. The highest BCUT2D eigenvalue weighted by atomic mass is 16.2. The number of hydrogen-bond donors (Lipinski definition) is 1. The lowest BCUT2D eigenvalue weighted by Gasteiger charge is -2.25. The predicted molar refractivity (Wildman–Crippen MR) is 96.1 cm³/mol. The van der Waals surface area contributed by atoms with E-state index in [0.717, 1.165) is 37.3 Å². The zero-order valence-electron chi connectivity index (χ0n) is 14.7. The smallest absolute Gasteiger partial charge is 0.240 e. The Balaban J connectivity index is 1.66. The number of carbonyl (C=O) groups excluding carboxylic acids is 2. The Labute approximate surface area is 144 Å². The van der Waals surface area contributed by atoms with Crippen LogP contribution < -0.4 is 10.2 Å². The summed E-state index contributed by atoms with van der Waals surface area (Å²) in [4.78, 5) is 29.5. The summed E-state index contributed by atoms with van der Waals surface area (Å²) in [5.41, 5.74) is 1.01. The molecule has 24 heavy (non-hydrogen) atoms. The van der Waals surface area contributed by atoms with Gasteiger partial charge < -0.3 is 15.1 Å². The number of hydrogen-bond acceptors (Lipinski definition) is 3. The van der Waals surface area contributed by atoms with Gasteiger partial charge in [-0.3, -0.25) is 9.59 Å². The molecular weight excluding hydrogens is 302 g/mol. The Bertz CT molecular complexity index is 598. The number of nitrogens with one attached hydrogen (secondary N) is 1. The maximum absolute atomic E-state index is 12.9. The number of benzene rings is 1. The van der Waals surface area contributed by atoms with Crippen LogP contribution >= 0.6 is 0 Å². The molecule has 2 amide bonds. The molecule has 3 rings (SSSR count). The van der Waals surface area contributed by atoms with Crippen LogP contribution in [0.2, 0.25) is 0 Å². The van der Waals surface area contributed by atoms with Gasteiger partial charge in [-0.1, -0.05) is 12.8 Å². The normalized spacial score (nSPS) is 19.3. The Morgan fingerprint density at radius 1 is 1.00 bits per heavy atom. The topological polar surface area (TPSA) is 52.7 Å². The van der Waals surface area contributed by atoms with Crippen LogP contribution in [-0.2, 0) is 9.59 Å². The number of rotatable bonds is 4. The molecule has 0 aromatic heterocycles. The molecule has 2 fully saturated rings. The van der Waals surface area contributed by atoms with Crippen LogP contribution in [0.5, 0.6) is 0 Å². The second kappa shape index (κ2) is 6.83. The molecule has 0 bridgehead atoms. The lowest BCUT2D eigenvalue weighted by molar-refractivity contribution is -0.142. The van der Waals surface area contributed by atoms with Gasteiger partial charge in [0.15, 0.2) is 0 Å². The molecule has 2 aliphatic rings. The van der Waals surface area contributed by atoms with Crippen molar-refractivity contribution in [2.24, 2.45) is 5.41 Å². The third kappa shape index (κ3) is 3.40. The van der Waals surface area contributed by atoms with Crippen molar-refractivity contribution in [2.75, 3.05) is 37.4 Å². The highest BCUT2D eigenvalue weighted by Crippen LogP contribution is 2.48. The second-order valence-electron chi connectivity index (χ2n) is 7.18. The number of likely N-dealkylation sites (tertiary alicyclic amines) is 1. The van der Waals surface area contributed by atoms with Gasteiger partial charge in [-0.2, -0.15) is 0 Å². The van der Waals surface area contributed by atoms with E-state index in [1.165, 1.54) is 12.8 Å². The van der Waals surface area contributed by atoms with Crippen molar-refractivity contribution in [1.29, 1.82) is 0 Å². The van der Waals surface area contributed by atoms with Gasteiger partial charge in [0.25, 0.3) is 0 Å². The van der Waals surface area contributed by atoms with E-state index < -0.39 is 5.41 Å². The first-order valence-electron chi connectivity index (χ1n) is 8.91. The van der Waals surface area contributed by atoms with Crippen LogP contribution in [0.4, 0.5) is 11.4 Å². The molecule has 5 heteroatoms. The minimum Gasteiger partial charge on any atom is -0.378 e. The molecule has 0 atom stereocenters. The van der Waals surface area contributed by atoms with Crippen LogP contribution in [0.15, 0.2) is 24.3 Å². The standard InChI is InChI=1S/C19H27N3O2/c1-21(2)16-9-7-15(8-10-16)20-17(23)19(11-12-19)18(24)22-13-5-3-4-6-14-22/h7-10H,3-6,11-14H2,1-2H3,(H,20,23). The summed E-state index contributed by atoms with van der Waals surface area (Å²) in [6.07, 6.45) is 5.81. The van der Waals surface area contributed by atoms with Crippen molar-refractivity contribution in [3.63, 3.8) is 0 Å². The largest absolute Gasteiger partial charge is 0.378 e. The molecule has 0 radical (unpaired) electrons. The summed E-state index contributed by atoms with van der Waals surface area (Å²) >= 11 is 0. The summed E-state index contributed by atoms with van der Waals surface area (Å²) in [6, 6.07) is 7.71. The molecule has 1 aliphatic carbocycles. The summed E-state index contributed by atoms with van der Waals surface area (Å²) in [5, 5.41) is 2.94. The number of amides is 2. The van der Waals surface area contributed by atoms with Crippen molar-refractivity contribution in [1.82, 2.24) is 4.90 Å². The minimum absolute atomic E-state index is 0.0341. The third-order valence-corrected chi connectivity index (χ3v) is 5.13. The van der Waals surface area contributed by atoms with Gasteiger partial charge in [0, 0.05) is 38.6 Å². The fourth-order valence-corrected chi connectivity index (χ4v) is 3.33. The van der Waals surface area contributed by atoms with Crippen LogP contribution in [-0.4, -0.2) is 43.9 Å². The quantitative estimate of drug-likeness (QED) is 0.864. The summed E-state index contributed by atoms with van der Waals surface area (Å²) in [7, 11) is 3.96. The van der Waals surface area contributed by atoms with E-state index in [9.17, 15) is 9.59 Å². The lowest BCUT2D eigenvalue weighted by atomic mass is 10.0. The highest BCUT2D eigenvalue weighted by molar-refractivity contribution is 6.13. The van der Waals surface area contributed by atoms with Crippen molar-refractivity contribution in [3.8, 4) is 0 Å². The van der Waals surface area contributed by atoms with Crippen LogP contribution in [0, 0.1) is 5.41 Å². The van der Waals surface area contributed by atoms with E-state index in [1.807, 2.05) is 48.2 Å². The van der Waals surface area contributed by atoms with Crippen molar-refractivity contribution in [2.45, 2.75) is 38.5 Å². The van der Waals surface area contributed by atoms with E-state index in [-0.39, 0.29) is 11.8 Å². The van der Waals surface area contributed by atoms with Crippen molar-refractivity contribution < 1.29 is 9.59 Å². The fourth-order valence-electron chi connectivity index (χ4n) is 3.33. The maximum Gasteiger partial charge on any atom is 0.240 e. The van der Waals surface area contributed by atoms with E-state index in [4.69, 9.17) is 0 Å². The molecule has 1 aromatic rings. The van der Waals surface area contributed by atoms with Gasteiger partial charge in [-0.15, -0.1) is 0 Å². The van der Waals surface area contributed by atoms with E-state index in [0.29, 0.717) is 12.8 Å². The molecule has 130 valence electrons. The Morgan fingerprint density at radius 3 is 2.08 bits per heavy atom. The number of carbonyl (C=O) groups is 2. The molecule has 1 N–H and O–H groups in total. The third-order valence-electron chi connectivity index (χ3n) is 5.13. The molecule has 0 unspecified atom stereocenters. The Hall–Kier alpha value is -2.04.